The maximum Gasteiger partial charge on any atom is 0.0564 e. The lowest BCUT2D eigenvalue weighted by molar-refractivity contribution is 0.229. The number of rotatable bonds is 5. The lowest BCUT2D eigenvalue weighted by Crippen LogP contribution is -2.29. The summed E-state index contributed by atoms with van der Waals surface area (Å²) in [7, 11) is 0. The summed E-state index contributed by atoms with van der Waals surface area (Å²) in [6.45, 7) is 4.43. The van der Waals surface area contributed by atoms with Gasteiger partial charge in [0.2, 0.25) is 0 Å². The van der Waals surface area contributed by atoms with Crippen LogP contribution in [0.15, 0.2) is 18.3 Å². The first kappa shape index (κ1) is 12.4. The molecular formula is C14H23N3. The van der Waals surface area contributed by atoms with Gasteiger partial charge in [0.1, 0.15) is 0 Å². The molecule has 0 amide bonds. The molecule has 2 heterocycles. The predicted molar refractivity (Wildman–Crippen MR) is 71.6 cm³/mol. The van der Waals surface area contributed by atoms with Gasteiger partial charge in [0.05, 0.1) is 5.69 Å². The molecule has 1 unspecified atom stereocenters. The van der Waals surface area contributed by atoms with Crippen LogP contribution in [0.2, 0.25) is 0 Å². The van der Waals surface area contributed by atoms with Crippen LogP contribution in [0.1, 0.15) is 44.7 Å². The highest BCUT2D eigenvalue weighted by atomic mass is 15.2. The van der Waals surface area contributed by atoms with E-state index in [9.17, 15) is 0 Å². The van der Waals surface area contributed by atoms with Gasteiger partial charge in [-0.25, -0.2) is 0 Å². The molecule has 3 nitrogen and oxygen atoms in total. The number of nitrogens with two attached hydrogens (primary N) is 1. The van der Waals surface area contributed by atoms with Crippen LogP contribution < -0.4 is 5.73 Å². The molecule has 94 valence electrons. The lowest BCUT2D eigenvalue weighted by atomic mass is 10.1. The highest BCUT2D eigenvalue weighted by Gasteiger charge is 2.23. The summed E-state index contributed by atoms with van der Waals surface area (Å²) < 4.78 is 0. The summed E-state index contributed by atoms with van der Waals surface area (Å²) in [5.74, 6) is 0. The molecule has 0 aliphatic carbocycles. The summed E-state index contributed by atoms with van der Waals surface area (Å²) in [5.41, 5.74) is 7.71. The summed E-state index contributed by atoms with van der Waals surface area (Å²) in [6, 6.07) is 4.61. The van der Waals surface area contributed by atoms with Crippen molar-refractivity contribution in [3.63, 3.8) is 0 Å². The maximum atomic E-state index is 5.79. The van der Waals surface area contributed by atoms with Crippen molar-refractivity contribution in [3.05, 3.63) is 24.0 Å². The van der Waals surface area contributed by atoms with Crippen LogP contribution in [0.5, 0.6) is 0 Å². The smallest absolute Gasteiger partial charge is 0.0564 e. The number of anilines is 1. The second kappa shape index (κ2) is 6.01. The summed E-state index contributed by atoms with van der Waals surface area (Å²) >= 11 is 0. The van der Waals surface area contributed by atoms with Gasteiger partial charge in [-0.05, 0) is 37.9 Å². The first-order valence-electron chi connectivity index (χ1n) is 6.74. The molecule has 1 saturated heterocycles. The summed E-state index contributed by atoms with van der Waals surface area (Å²) in [4.78, 5) is 6.96. The van der Waals surface area contributed by atoms with Crippen molar-refractivity contribution >= 4 is 5.69 Å². The highest BCUT2D eigenvalue weighted by Crippen LogP contribution is 2.23. The van der Waals surface area contributed by atoms with Gasteiger partial charge in [0, 0.05) is 24.5 Å². The Morgan fingerprint density at radius 2 is 2.41 bits per heavy atom. The Morgan fingerprint density at radius 1 is 1.53 bits per heavy atom. The van der Waals surface area contributed by atoms with E-state index in [2.05, 4.69) is 16.8 Å². The lowest BCUT2D eigenvalue weighted by Gasteiger charge is -2.24. The SMILES string of the molecule is CCCCC1CCCN1Cc1cc(N)ccn1. The Balaban J connectivity index is 1.93. The normalized spacial score (nSPS) is 20.9. The molecular weight excluding hydrogens is 210 g/mol. The van der Waals surface area contributed by atoms with E-state index in [1.807, 2.05) is 18.3 Å². The van der Waals surface area contributed by atoms with Gasteiger partial charge < -0.3 is 5.73 Å². The number of aromatic nitrogens is 1. The molecule has 2 rings (SSSR count). The van der Waals surface area contributed by atoms with Crippen molar-refractivity contribution in [2.24, 2.45) is 0 Å². The molecule has 1 aliphatic rings. The van der Waals surface area contributed by atoms with Crippen molar-refractivity contribution in [3.8, 4) is 0 Å². The molecule has 1 atom stereocenters. The number of likely N-dealkylation sites (tertiary alicyclic amines) is 1. The Morgan fingerprint density at radius 3 is 3.18 bits per heavy atom. The van der Waals surface area contributed by atoms with E-state index in [1.165, 1.54) is 38.6 Å². The largest absolute Gasteiger partial charge is 0.399 e. The maximum absolute atomic E-state index is 5.79. The van der Waals surface area contributed by atoms with Crippen LogP contribution in [0.25, 0.3) is 0 Å². The molecule has 3 heteroatoms. The van der Waals surface area contributed by atoms with Gasteiger partial charge >= 0.3 is 0 Å². The van der Waals surface area contributed by atoms with Crippen LogP contribution in [-0.2, 0) is 6.54 Å². The van der Waals surface area contributed by atoms with Crippen LogP contribution in [0.3, 0.4) is 0 Å². The zero-order valence-electron chi connectivity index (χ0n) is 10.7. The first-order valence-corrected chi connectivity index (χ1v) is 6.74. The molecule has 0 bridgehead atoms. The topological polar surface area (TPSA) is 42.1 Å². The van der Waals surface area contributed by atoms with E-state index in [0.717, 1.165) is 24.0 Å². The fraction of sp³-hybridized carbons (Fsp3) is 0.643. The van der Waals surface area contributed by atoms with Crippen molar-refractivity contribution in [1.29, 1.82) is 0 Å². The minimum Gasteiger partial charge on any atom is -0.399 e. The van der Waals surface area contributed by atoms with E-state index in [1.54, 1.807) is 0 Å². The minimum atomic E-state index is 0.762. The Labute approximate surface area is 104 Å². The third-order valence-corrected chi connectivity index (χ3v) is 3.60. The van der Waals surface area contributed by atoms with Gasteiger partial charge in [-0.1, -0.05) is 19.8 Å². The molecule has 1 aromatic rings. The molecule has 0 saturated carbocycles. The number of unbranched alkanes of at least 4 members (excludes halogenated alkanes) is 1. The van der Waals surface area contributed by atoms with E-state index in [4.69, 9.17) is 5.73 Å². The number of hydrogen-bond donors (Lipinski definition) is 1. The van der Waals surface area contributed by atoms with Crippen LogP contribution in [-0.4, -0.2) is 22.5 Å². The van der Waals surface area contributed by atoms with Crippen molar-refractivity contribution < 1.29 is 0 Å². The van der Waals surface area contributed by atoms with E-state index < -0.39 is 0 Å². The summed E-state index contributed by atoms with van der Waals surface area (Å²) in [6.07, 6.45) is 8.45. The highest BCUT2D eigenvalue weighted by molar-refractivity contribution is 5.37. The second-order valence-corrected chi connectivity index (χ2v) is 4.99. The average molecular weight is 233 g/mol. The Bertz CT molecular complexity index is 351. The Hall–Kier alpha value is -1.09. The molecule has 0 radical (unpaired) electrons. The fourth-order valence-electron chi connectivity index (χ4n) is 2.66. The zero-order valence-corrected chi connectivity index (χ0v) is 10.7. The number of nitrogen functional groups attached to an aromatic ring is 1. The molecule has 1 aliphatic heterocycles. The molecule has 0 spiro atoms. The first-order chi connectivity index (χ1) is 8.29. The zero-order chi connectivity index (χ0) is 12.1. The monoisotopic (exact) mass is 233 g/mol. The Kier molecular flexibility index (Phi) is 4.37. The van der Waals surface area contributed by atoms with Crippen LogP contribution in [0, 0.1) is 0 Å². The molecule has 2 N–H and O–H groups in total. The molecule has 1 fully saturated rings. The van der Waals surface area contributed by atoms with Gasteiger partial charge in [0.25, 0.3) is 0 Å². The van der Waals surface area contributed by atoms with Crippen molar-refractivity contribution in [2.45, 2.75) is 51.6 Å². The van der Waals surface area contributed by atoms with Crippen molar-refractivity contribution in [1.82, 2.24) is 9.88 Å². The standard InChI is InChI=1S/C14H23N3/c1-2-3-5-14-6-4-9-17(14)11-13-10-12(15)7-8-16-13/h7-8,10,14H,2-6,9,11H2,1H3,(H2,15,16). The second-order valence-electron chi connectivity index (χ2n) is 4.99. The van der Waals surface area contributed by atoms with Crippen LogP contribution in [0.4, 0.5) is 5.69 Å². The van der Waals surface area contributed by atoms with Gasteiger partial charge in [-0.3, -0.25) is 9.88 Å². The van der Waals surface area contributed by atoms with E-state index in [0.29, 0.717) is 0 Å². The fourth-order valence-corrected chi connectivity index (χ4v) is 2.66. The molecule has 0 aromatic carbocycles. The van der Waals surface area contributed by atoms with Gasteiger partial charge in [-0.15, -0.1) is 0 Å². The molecule has 17 heavy (non-hydrogen) atoms. The minimum absolute atomic E-state index is 0.762. The quantitative estimate of drug-likeness (QED) is 0.850. The summed E-state index contributed by atoms with van der Waals surface area (Å²) in [5, 5.41) is 0. The predicted octanol–water partition coefficient (Wildman–Crippen LogP) is 2.82. The number of nitrogens with zero attached hydrogens (tertiary/aromatic N) is 2. The molecule has 1 aromatic heterocycles. The third-order valence-electron chi connectivity index (χ3n) is 3.60. The van der Waals surface area contributed by atoms with E-state index >= 15 is 0 Å². The van der Waals surface area contributed by atoms with Crippen molar-refractivity contribution in [2.75, 3.05) is 12.3 Å². The van der Waals surface area contributed by atoms with E-state index in [-0.39, 0.29) is 0 Å². The number of hydrogen-bond acceptors (Lipinski definition) is 3. The van der Waals surface area contributed by atoms with Gasteiger partial charge in [-0.2, -0.15) is 0 Å². The average Bonchev–Trinajstić information content (AvgIpc) is 2.74. The number of pyridine rings is 1. The van der Waals surface area contributed by atoms with Gasteiger partial charge in [0.15, 0.2) is 0 Å². The van der Waals surface area contributed by atoms with Crippen LogP contribution >= 0.6 is 0 Å². The third kappa shape index (κ3) is 3.43.